The normalized spacial score (nSPS) is 0. The third kappa shape index (κ3) is 40.4. The van der Waals surface area contributed by atoms with E-state index >= 15 is 0 Å². The molecule has 0 fully saturated rings. The second-order valence-corrected chi connectivity index (χ2v) is 0. The van der Waals surface area contributed by atoms with Gasteiger partial charge in [-0.1, -0.05) is 29.7 Å². The largest absolute Gasteiger partial charge is 0.0776 e. The van der Waals surface area contributed by atoms with Crippen molar-refractivity contribution in [2.75, 3.05) is 0 Å². The molecule has 0 aromatic rings. The molecule has 0 aromatic carbocycles. The van der Waals surface area contributed by atoms with E-state index in [1.165, 1.54) is 0 Å². The molecule has 0 amide bonds. The molecule has 35 valence electrons. The van der Waals surface area contributed by atoms with Crippen molar-refractivity contribution < 1.29 is 32.7 Å². The molecule has 0 aliphatic heterocycles. The van der Waals surface area contributed by atoms with Crippen LogP contribution >= 0.6 is 0 Å². The Morgan fingerprint density at radius 1 is 0.400 bits per heavy atom. The zero-order valence-electron chi connectivity index (χ0n) is 0.577. The Labute approximate surface area is 62.2 Å². The average molecular weight is 153 g/mol. The van der Waals surface area contributed by atoms with Crippen LogP contribution in [0.5, 0.6) is 0 Å². The molecular weight excluding hydrogens is 137 g/mol. The second kappa shape index (κ2) is 70.5. The van der Waals surface area contributed by atoms with Crippen molar-refractivity contribution in [2.24, 2.45) is 0 Å². The van der Waals surface area contributed by atoms with Gasteiger partial charge in [0, 0.05) is 32.7 Å². The fourth-order valence-corrected chi connectivity index (χ4v) is 0. The Hall–Kier alpha value is 1.10. The molecule has 0 atom stereocenters. The summed E-state index contributed by atoms with van der Waals surface area (Å²) in [7, 11) is 0. The zero-order chi connectivity index (χ0) is 0. The Bertz CT molecular complexity index is 3.61. The molecule has 0 unspecified atom stereocenters. The standard InChI is InChI=1S/4CH4.Y/h4*1H4;. The van der Waals surface area contributed by atoms with E-state index < -0.39 is 0 Å². The fourth-order valence-electron chi connectivity index (χ4n) is 0. The first kappa shape index (κ1) is 130. The van der Waals surface area contributed by atoms with Crippen LogP contribution in [0.25, 0.3) is 0 Å². The topological polar surface area (TPSA) is 0 Å². The summed E-state index contributed by atoms with van der Waals surface area (Å²) in [5.41, 5.74) is 0. The molecular formula is C4H16Y. The summed E-state index contributed by atoms with van der Waals surface area (Å²) in [5, 5.41) is 0. The molecule has 0 rings (SSSR count). The third-order valence-corrected chi connectivity index (χ3v) is 0. The first-order chi connectivity index (χ1) is 0. The van der Waals surface area contributed by atoms with E-state index in [0.29, 0.717) is 0 Å². The molecule has 0 saturated heterocycles. The van der Waals surface area contributed by atoms with Crippen LogP contribution in [0.2, 0.25) is 0 Å². The van der Waals surface area contributed by atoms with Crippen LogP contribution in [0.3, 0.4) is 0 Å². The summed E-state index contributed by atoms with van der Waals surface area (Å²) >= 11 is 0. The Morgan fingerprint density at radius 3 is 0.400 bits per heavy atom. The van der Waals surface area contributed by atoms with Gasteiger partial charge in [-0.15, -0.1) is 0 Å². The minimum Gasteiger partial charge on any atom is -0.0776 e. The number of rotatable bonds is 0. The van der Waals surface area contributed by atoms with Gasteiger partial charge in [-0.3, -0.25) is 0 Å². The molecule has 0 heterocycles. The van der Waals surface area contributed by atoms with Gasteiger partial charge in [-0.2, -0.15) is 0 Å². The Kier molecular flexibility index (Phi) is 1840. The molecule has 1 radical (unpaired) electrons. The number of hydrogen-bond donors (Lipinski definition) is 0. The Morgan fingerprint density at radius 2 is 0.400 bits per heavy atom. The van der Waals surface area contributed by atoms with Crippen LogP contribution in [0, 0.1) is 0 Å². The quantitative estimate of drug-likeness (QED) is 0.501. The van der Waals surface area contributed by atoms with Gasteiger partial charge in [0.2, 0.25) is 0 Å². The molecule has 1 heteroatoms. The molecule has 0 aliphatic carbocycles. The van der Waals surface area contributed by atoms with E-state index in [1.54, 1.807) is 0 Å². The van der Waals surface area contributed by atoms with Gasteiger partial charge in [-0.05, 0) is 0 Å². The smallest absolute Gasteiger partial charge is 0 e. The fraction of sp³-hybridized carbons (Fsp3) is 1.00. The summed E-state index contributed by atoms with van der Waals surface area (Å²) in [6, 6.07) is 0. The summed E-state index contributed by atoms with van der Waals surface area (Å²) in [6.45, 7) is 0. The van der Waals surface area contributed by atoms with E-state index in [9.17, 15) is 0 Å². The van der Waals surface area contributed by atoms with Crippen LogP contribution in [-0.4, -0.2) is 0 Å². The van der Waals surface area contributed by atoms with Crippen molar-refractivity contribution in [1.82, 2.24) is 0 Å². The van der Waals surface area contributed by atoms with Crippen LogP contribution in [-0.2, 0) is 32.7 Å². The molecule has 0 bridgehead atoms. The summed E-state index contributed by atoms with van der Waals surface area (Å²) in [5.74, 6) is 0. The summed E-state index contributed by atoms with van der Waals surface area (Å²) in [4.78, 5) is 0. The van der Waals surface area contributed by atoms with Gasteiger partial charge in [0.05, 0.1) is 0 Å². The van der Waals surface area contributed by atoms with Crippen molar-refractivity contribution in [3.63, 3.8) is 0 Å². The third-order valence-electron chi connectivity index (χ3n) is 0. The minimum absolute atomic E-state index is 0. The van der Waals surface area contributed by atoms with Gasteiger partial charge in [0.25, 0.3) is 0 Å². The van der Waals surface area contributed by atoms with E-state index in [0.717, 1.165) is 0 Å². The van der Waals surface area contributed by atoms with Crippen LogP contribution < -0.4 is 0 Å². The van der Waals surface area contributed by atoms with Gasteiger partial charge in [-0.25, -0.2) is 0 Å². The minimum atomic E-state index is 0. The van der Waals surface area contributed by atoms with E-state index in [-0.39, 0.29) is 62.4 Å². The van der Waals surface area contributed by atoms with Gasteiger partial charge in [0.1, 0.15) is 0 Å². The second-order valence-electron chi connectivity index (χ2n) is 0. The van der Waals surface area contributed by atoms with E-state index in [1.807, 2.05) is 0 Å². The maximum atomic E-state index is 0. The van der Waals surface area contributed by atoms with Crippen molar-refractivity contribution in [3.05, 3.63) is 0 Å². The molecule has 0 spiro atoms. The van der Waals surface area contributed by atoms with E-state index in [4.69, 9.17) is 0 Å². The molecule has 5 heavy (non-hydrogen) atoms. The van der Waals surface area contributed by atoms with Gasteiger partial charge >= 0.3 is 0 Å². The van der Waals surface area contributed by atoms with Crippen LogP contribution in [0.15, 0.2) is 0 Å². The van der Waals surface area contributed by atoms with Crippen molar-refractivity contribution in [3.8, 4) is 0 Å². The van der Waals surface area contributed by atoms with Crippen molar-refractivity contribution in [2.45, 2.75) is 29.7 Å². The van der Waals surface area contributed by atoms with Crippen molar-refractivity contribution >= 4 is 0 Å². The predicted molar refractivity (Wildman–Crippen MR) is 26.9 cm³/mol. The zero-order valence-corrected chi connectivity index (χ0v) is 3.42. The molecule has 0 saturated carbocycles. The monoisotopic (exact) mass is 153 g/mol. The predicted octanol–water partition coefficient (Wildman–Crippen LogP) is 2.54. The first-order valence-electron chi connectivity index (χ1n) is 0. The molecule has 0 aromatic heterocycles. The molecule has 0 nitrogen and oxygen atoms in total. The van der Waals surface area contributed by atoms with Crippen LogP contribution in [0.4, 0.5) is 0 Å². The van der Waals surface area contributed by atoms with Gasteiger partial charge < -0.3 is 0 Å². The van der Waals surface area contributed by atoms with E-state index in [2.05, 4.69) is 0 Å². The number of hydrogen-bond acceptors (Lipinski definition) is 0. The summed E-state index contributed by atoms with van der Waals surface area (Å²) in [6.07, 6.45) is 0. The molecule has 0 N–H and O–H groups in total. The maximum Gasteiger partial charge on any atom is 0 e. The summed E-state index contributed by atoms with van der Waals surface area (Å²) < 4.78 is 0. The first-order valence-corrected chi connectivity index (χ1v) is 0. The van der Waals surface area contributed by atoms with Crippen LogP contribution in [0.1, 0.15) is 29.7 Å². The molecule has 0 aliphatic rings. The Balaban J connectivity index is 0. The van der Waals surface area contributed by atoms with Crippen molar-refractivity contribution in [1.29, 1.82) is 0 Å². The SMILES string of the molecule is C.C.C.C.[Y]. The maximum absolute atomic E-state index is 0. The van der Waals surface area contributed by atoms with Gasteiger partial charge in [0.15, 0.2) is 0 Å². The average Bonchev–Trinajstić information content (AvgIpc) is 0.